The Morgan fingerprint density at radius 2 is 1.76 bits per heavy atom. The maximum atomic E-state index is 14.1. The van der Waals surface area contributed by atoms with Crippen molar-refractivity contribution in [3.63, 3.8) is 0 Å². The standard InChI is InChI=1S/C20H19F2N9O2/c1-32-13-4-2-3-12-14(13)26-17(15(21)22)31(12)20-28-16(11-9-24-18(23)25-10-11)27-19(29-20)30-5-7-33-8-6-30/h2-4,9-10,15H,5-8H2,1H3,(H2,23,24,25). The molecular formula is C20H19F2N9O2. The first kappa shape index (κ1) is 20.9. The van der Waals surface area contributed by atoms with E-state index >= 15 is 0 Å². The molecule has 4 heterocycles. The molecular weight excluding hydrogens is 436 g/mol. The van der Waals surface area contributed by atoms with Crippen LogP contribution in [0.25, 0.3) is 28.4 Å². The number of rotatable bonds is 5. The number of benzene rings is 1. The number of fused-ring (bicyclic) bond motifs is 1. The zero-order valence-electron chi connectivity index (χ0n) is 17.5. The summed E-state index contributed by atoms with van der Waals surface area (Å²) in [6.45, 7) is 2.08. The molecule has 4 aromatic rings. The molecule has 0 bridgehead atoms. The predicted octanol–water partition coefficient (Wildman–Crippen LogP) is 2.03. The van der Waals surface area contributed by atoms with Gasteiger partial charge in [-0.1, -0.05) is 6.07 Å². The number of ether oxygens (including phenoxy) is 2. The fourth-order valence-corrected chi connectivity index (χ4v) is 3.55. The Hall–Kier alpha value is -4.00. The van der Waals surface area contributed by atoms with Gasteiger partial charge in [-0.05, 0) is 12.1 Å². The summed E-state index contributed by atoms with van der Waals surface area (Å²) in [5.74, 6) is 0.473. The van der Waals surface area contributed by atoms with Gasteiger partial charge in [0.2, 0.25) is 17.8 Å². The van der Waals surface area contributed by atoms with Crippen LogP contribution in [0.5, 0.6) is 5.75 Å². The number of nitrogens with two attached hydrogens (primary N) is 1. The third-order valence-corrected chi connectivity index (χ3v) is 5.12. The first-order valence-corrected chi connectivity index (χ1v) is 10.1. The molecule has 5 rings (SSSR count). The molecule has 1 saturated heterocycles. The van der Waals surface area contributed by atoms with Crippen molar-refractivity contribution in [1.82, 2.24) is 34.5 Å². The van der Waals surface area contributed by atoms with Gasteiger partial charge in [-0.15, -0.1) is 0 Å². The lowest BCUT2D eigenvalue weighted by Crippen LogP contribution is -2.37. The minimum atomic E-state index is -2.88. The molecule has 0 atom stereocenters. The van der Waals surface area contributed by atoms with Crippen LogP contribution in [-0.4, -0.2) is 67.9 Å². The molecule has 0 spiro atoms. The Labute approximate surface area is 186 Å². The van der Waals surface area contributed by atoms with E-state index in [-0.39, 0.29) is 23.2 Å². The van der Waals surface area contributed by atoms with Crippen LogP contribution in [0, 0.1) is 0 Å². The summed E-state index contributed by atoms with van der Waals surface area (Å²) >= 11 is 0. The maximum Gasteiger partial charge on any atom is 0.296 e. The third kappa shape index (κ3) is 3.86. The molecule has 0 radical (unpaired) electrons. The van der Waals surface area contributed by atoms with E-state index in [4.69, 9.17) is 15.2 Å². The van der Waals surface area contributed by atoms with E-state index in [0.717, 1.165) is 0 Å². The fraction of sp³-hybridized carbons (Fsp3) is 0.300. The molecule has 0 saturated carbocycles. The van der Waals surface area contributed by atoms with Crippen molar-refractivity contribution in [2.24, 2.45) is 0 Å². The zero-order valence-corrected chi connectivity index (χ0v) is 17.5. The van der Waals surface area contributed by atoms with Crippen LogP contribution >= 0.6 is 0 Å². The number of nitrogen functional groups attached to an aromatic ring is 1. The predicted molar refractivity (Wildman–Crippen MR) is 114 cm³/mol. The van der Waals surface area contributed by atoms with Crippen molar-refractivity contribution in [2.75, 3.05) is 44.0 Å². The van der Waals surface area contributed by atoms with E-state index in [2.05, 4.69) is 29.9 Å². The van der Waals surface area contributed by atoms with Gasteiger partial charge in [0.15, 0.2) is 11.6 Å². The van der Waals surface area contributed by atoms with Crippen LogP contribution in [0.3, 0.4) is 0 Å². The lowest BCUT2D eigenvalue weighted by atomic mass is 10.3. The Morgan fingerprint density at radius 3 is 2.45 bits per heavy atom. The SMILES string of the molecule is COc1cccc2c1nc(C(F)F)n2-c1nc(-c2cnc(N)nc2)nc(N2CCOCC2)n1. The van der Waals surface area contributed by atoms with E-state index in [0.29, 0.717) is 49.1 Å². The Balaban J connectivity index is 1.75. The van der Waals surface area contributed by atoms with Crippen LogP contribution in [0.2, 0.25) is 0 Å². The van der Waals surface area contributed by atoms with Gasteiger partial charge in [-0.2, -0.15) is 15.0 Å². The van der Waals surface area contributed by atoms with E-state index in [1.54, 1.807) is 18.2 Å². The van der Waals surface area contributed by atoms with Crippen LogP contribution in [0.15, 0.2) is 30.6 Å². The molecule has 0 amide bonds. The fourth-order valence-electron chi connectivity index (χ4n) is 3.55. The zero-order chi connectivity index (χ0) is 22.9. The molecule has 11 nitrogen and oxygen atoms in total. The van der Waals surface area contributed by atoms with Crippen LogP contribution in [0.4, 0.5) is 20.7 Å². The minimum Gasteiger partial charge on any atom is -0.494 e. The van der Waals surface area contributed by atoms with Crippen molar-refractivity contribution in [3.05, 3.63) is 36.4 Å². The molecule has 1 aliphatic rings. The summed E-state index contributed by atoms with van der Waals surface area (Å²) in [4.78, 5) is 27.5. The summed E-state index contributed by atoms with van der Waals surface area (Å²) < 4.78 is 40.0. The van der Waals surface area contributed by atoms with Gasteiger partial charge >= 0.3 is 0 Å². The van der Waals surface area contributed by atoms with Gasteiger partial charge in [0.05, 0.1) is 31.4 Å². The summed E-state index contributed by atoms with van der Waals surface area (Å²) in [5, 5.41) is 0. The highest BCUT2D eigenvalue weighted by Crippen LogP contribution is 2.32. The van der Waals surface area contributed by atoms with E-state index in [1.807, 2.05) is 4.90 Å². The number of halogens is 2. The number of para-hydroxylation sites is 1. The first-order chi connectivity index (χ1) is 16.0. The maximum absolute atomic E-state index is 14.1. The second kappa shape index (κ2) is 8.50. The van der Waals surface area contributed by atoms with Crippen LogP contribution in [-0.2, 0) is 4.74 Å². The quantitative estimate of drug-likeness (QED) is 0.477. The number of morpholine rings is 1. The van der Waals surface area contributed by atoms with Crippen molar-refractivity contribution in [1.29, 1.82) is 0 Å². The van der Waals surface area contributed by atoms with Gasteiger partial charge in [-0.25, -0.2) is 23.7 Å². The number of anilines is 2. The van der Waals surface area contributed by atoms with Gasteiger partial charge in [0.25, 0.3) is 6.43 Å². The summed E-state index contributed by atoms with van der Waals surface area (Å²) in [7, 11) is 1.45. The molecule has 1 fully saturated rings. The molecule has 13 heteroatoms. The average molecular weight is 455 g/mol. The van der Waals surface area contributed by atoms with Crippen molar-refractivity contribution in [2.45, 2.75) is 6.43 Å². The van der Waals surface area contributed by atoms with E-state index < -0.39 is 12.2 Å². The monoisotopic (exact) mass is 455 g/mol. The van der Waals surface area contributed by atoms with Gasteiger partial charge in [0.1, 0.15) is 11.3 Å². The molecule has 33 heavy (non-hydrogen) atoms. The summed E-state index contributed by atoms with van der Waals surface area (Å²) in [6, 6.07) is 4.99. The summed E-state index contributed by atoms with van der Waals surface area (Å²) in [5.41, 5.74) is 6.71. The van der Waals surface area contributed by atoms with Crippen LogP contribution < -0.4 is 15.4 Å². The largest absolute Gasteiger partial charge is 0.494 e. The van der Waals surface area contributed by atoms with Gasteiger partial charge in [-0.3, -0.25) is 4.57 Å². The first-order valence-electron chi connectivity index (χ1n) is 10.1. The average Bonchev–Trinajstić information content (AvgIpc) is 3.25. The highest BCUT2D eigenvalue weighted by Gasteiger charge is 2.26. The lowest BCUT2D eigenvalue weighted by Gasteiger charge is -2.27. The highest BCUT2D eigenvalue weighted by molar-refractivity contribution is 5.84. The second-order valence-corrected chi connectivity index (χ2v) is 7.12. The Bertz CT molecular complexity index is 1290. The Kier molecular flexibility index (Phi) is 5.38. The van der Waals surface area contributed by atoms with Gasteiger partial charge < -0.3 is 20.1 Å². The second-order valence-electron chi connectivity index (χ2n) is 7.12. The number of nitrogens with zero attached hydrogens (tertiary/aromatic N) is 8. The molecule has 3 aromatic heterocycles. The minimum absolute atomic E-state index is 0.00984. The van der Waals surface area contributed by atoms with E-state index in [1.165, 1.54) is 24.1 Å². The van der Waals surface area contributed by atoms with Gasteiger partial charge in [0, 0.05) is 25.5 Å². The lowest BCUT2D eigenvalue weighted by molar-refractivity contribution is 0.122. The molecule has 1 aromatic carbocycles. The Morgan fingerprint density at radius 1 is 1.03 bits per heavy atom. The number of hydrogen-bond acceptors (Lipinski definition) is 10. The smallest absolute Gasteiger partial charge is 0.296 e. The number of methoxy groups -OCH3 is 1. The highest BCUT2D eigenvalue weighted by atomic mass is 19.3. The number of alkyl halides is 2. The normalized spacial score (nSPS) is 14.2. The molecule has 2 N–H and O–H groups in total. The van der Waals surface area contributed by atoms with E-state index in [9.17, 15) is 8.78 Å². The number of aromatic nitrogens is 7. The van der Waals surface area contributed by atoms with Crippen LogP contribution in [0.1, 0.15) is 12.2 Å². The molecule has 0 unspecified atom stereocenters. The van der Waals surface area contributed by atoms with Crippen molar-refractivity contribution >= 4 is 22.9 Å². The third-order valence-electron chi connectivity index (χ3n) is 5.12. The topological polar surface area (TPSA) is 130 Å². The molecule has 0 aliphatic carbocycles. The number of imidazole rings is 1. The van der Waals surface area contributed by atoms with Crippen molar-refractivity contribution < 1.29 is 18.3 Å². The molecule has 170 valence electrons. The van der Waals surface area contributed by atoms with Crippen molar-refractivity contribution in [3.8, 4) is 23.1 Å². The molecule has 1 aliphatic heterocycles. The summed E-state index contributed by atoms with van der Waals surface area (Å²) in [6.07, 6.45) is 0.0512. The number of hydrogen-bond donors (Lipinski definition) is 1.